The normalized spacial score (nSPS) is 13.4. The van der Waals surface area contributed by atoms with Crippen molar-refractivity contribution in [2.45, 2.75) is 19.8 Å². The Kier molecular flexibility index (Phi) is 2.30. The van der Waals surface area contributed by atoms with Crippen LogP contribution in [-0.2, 0) is 0 Å². The second-order valence-corrected chi connectivity index (χ2v) is 3.71. The van der Waals surface area contributed by atoms with Crippen LogP contribution >= 0.6 is 0 Å². The van der Waals surface area contributed by atoms with E-state index in [0.29, 0.717) is 0 Å². The maximum absolute atomic E-state index is 9.11. The molecular weight excluding hydrogens is 176 g/mol. The van der Waals surface area contributed by atoms with Crippen molar-refractivity contribution in [3.8, 4) is 0 Å². The van der Waals surface area contributed by atoms with Gasteiger partial charge in [0.15, 0.2) is 0 Å². The summed E-state index contributed by atoms with van der Waals surface area (Å²) in [5.74, 6) is 1.04. The van der Waals surface area contributed by atoms with Crippen molar-refractivity contribution >= 4 is 11.0 Å². The van der Waals surface area contributed by atoms with Gasteiger partial charge in [-0.1, -0.05) is 25.1 Å². The van der Waals surface area contributed by atoms with E-state index in [9.17, 15) is 0 Å². The van der Waals surface area contributed by atoms with Gasteiger partial charge in [-0.15, -0.1) is 0 Å². The number of aliphatic hydroxyl groups is 1. The van der Waals surface area contributed by atoms with E-state index in [1.54, 1.807) is 0 Å². The molecule has 14 heavy (non-hydrogen) atoms. The van der Waals surface area contributed by atoms with Crippen LogP contribution in [0.1, 0.15) is 24.2 Å². The molecule has 1 aromatic carbocycles. The standard InChI is InChI=1S/C12H14O2/c1-8(7-13)11-5-3-4-10-6-9(2)14-12(10)11/h3-6,8,13H,7H2,1-2H3. The van der Waals surface area contributed by atoms with E-state index >= 15 is 0 Å². The van der Waals surface area contributed by atoms with Gasteiger partial charge in [-0.3, -0.25) is 0 Å². The molecule has 0 fully saturated rings. The highest BCUT2D eigenvalue weighted by Crippen LogP contribution is 2.27. The summed E-state index contributed by atoms with van der Waals surface area (Å²) in [6.45, 7) is 4.08. The molecule has 74 valence electrons. The van der Waals surface area contributed by atoms with Crippen LogP contribution in [0.3, 0.4) is 0 Å². The van der Waals surface area contributed by atoms with Crippen LogP contribution < -0.4 is 0 Å². The number of hydrogen-bond donors (Lipinski definition) is 1. The minimum Gasteiger partial charge on any atom is -0.461 e. The summed E-state index contributed by atoms with van der Waals surface area (Å²) >= 11 is 0. The molecule has 2 heteroatoms. The van der Waals surface area contributed by atoms with Gasteiger partial charge >= 0.3 is 0 Å². The molecule has 0 aliphatic rings. The van der Waals surface area contributed by atoms with Crippen molar-refractivity contribution in [2.24, 2.45) is 0 Å². The Hall–Kier alpha value is -1.28. The van der Waals surface area contributed by atoms with Crippen LogP contribution in [0.5, 0.6) is 0 Å². The monoisotopic (exact) mass is 190 g/mol. The Labute approximate surface area is 83.2 Å². The van der Waals surface area contributed by atoms with Gasteiger partial charge in [-0.2, -0.15) is 0 Å². The largest absolute Gasteiger partial charge is 0.461 e. The molecule has 0 bridgehead atoms. The minimum absolute atomic E-state index is 0.129. The highest BCUT2D eigenvalue weighted by molar-refractivity contribution is 5.81. The fraction of sp³-hybridized carbons (Fsp3) is 0.333. The first-order valence-electron chi connectivity index (χ1n) is 4.82. The highest BCUT2D eigenvalue weighted by Gasteiger charge is 2.11. The second-order valence-electron chi connectivity index (χ2n) is 3.71. The van der Waals surface area contributed by atoms with Crippen molar-refractivity contribution in [3.63, 3.8) is 0 Å². The Balaban J connectivity index is 2.64. The summed E-state index contributed by atoms with van der Waals surface area (Å²) in [4.78, 5) is 0. The molecule has 0 radical (unpaired) electrons. The van der Waals surface area contributed by atoms with E-state index in [1.165, 1.54) is 0 Å². The van der Waals surface area contributed by atoms with Gasteiger partial charge < -0.3 is 9.52 Å². The first kappa shape index (κ1) is 9.28. The predicted octanol–water partition coefficient (Wildman–Crippen LogP) is 2.84. The zero-order valence-corrected chi connectivity index (χ0v) is 8.45. The Morgan fingerprint density at radius 3 is 2.93 bits per heavy atom. The SMILES string of the molecule is Cc1cc2cccc(C(C)CO)c2o1. The predicted molar refractivity (Wildman–Crippen MR) is 56.5 cm³/mol. The minimum atomic E-state index is 0.129. The molecular formula is C12H14O2. The lowest BCUT2D eigenvalue weighted by molar-refractivity contribution is 0.273. The van der Waals surface area contributed by atoms with Crippen molar-refractivity contribution in [1.82, 2.24) is 0 Å². The lowest BCUT2D eigenvalue weighted by Crippen LogP contribution is -1.98. The van der Waals surface area contributed by atoms with Gasteiger partial charge in [0.1, 0.15) is 11.3 Å². The lowest BCUT2D eigenvalue weighted by atomic mass is 10.0. The van der Waals surface area contributed by atoms with E-state index in [2.05, 4.69) is 0 Å². The summed E-state index contributed by atoms with van der Waals surface area (Å²) in [7, 11) is 0. The number of furan rings is 1. The third kappa shape index (κ3) is 1.42. The summed E-state index contributed by atoms with van der Waals surface area (Å²) in [6, 6.07) is 8.05. The Morgan fingerprint density at radius 2 is 2.21 bits per heavy atom. The zero-order chi connectivity index (χ0) is 10.1. The van der Waals surface area contributed by atoms with Crippen molar-refractivity contribution in [1.29, 1.82) is 0 Å². The third-order valence-corrected chi connectivity index (χ3v) is 2.50. The van der Waals surface area contributed by atoms with Crippen LogP contribution in [0.4, 0.5) is 0 Å². The fourth-order valence-corrected chi connectivity index (χ4v) is 1.70. The molecule has 0 saturated heterocycles. The maximum Gasteiger partial charge on any atom is 0.137 e. The highest BCUT2D eigenvalue weighted by atomic mass is 16.3. The van der Waals surface area contributed by atoms with Crippen LogP contribution in [0.25, 0.3) is 11.0 Å². The molecule has 1 atom stereocenters. The Morgan fingerprint density at radius 1 is 1.43 bits per heavy atom. The van der Waals surface area contributed by atoms with Gasteiger partial charge in [0.2, 0.25) is 0 Å². The summed E-state index contributed by atoms with van der Waals surface area (Å²) < 4.78 is 5.61. The molecule has 0 amide bonds. The molecule has 0 aliphatic heterocycles. The van der Waals surface area contributed by atoms with Gasteiger partial charge in [-0.05, 0) is 13.0 Å². The molecule has 1 heterocycles. The van der Waals surface area contributed by atoms with Crippen LogP contribution in [0.2, 0.25) is 0 Å². The third-order valence-electron chi connectivity index (χ3n) is 2.50. The first-order valence-corrected chi connectivity index (χ1v) is 4.82. The van der Waals surface area contributed by atoms with E-state index in [0.717, 1.165) is 22.3 Å². The zero-order valence-electron chi connectivity index (χ0n) is 8.45. The van der Waals surface area contributed by atoms with Crippen molar-refractivity contribution < 1.29 is 9.52 Å². The molecule has 2 nitrogen and oxygen atoms in total. The molecule has 0 spiro atoms. The van der Waals surface area contributed by atoms with Gasteiger partial charge in [0, 0.05) is 23.5 Å². The van der Waals surface area contributed by atoms with E-state index in [-0.39, 0.29) is 12.5 Å². The van der Waals surface area contributed by atoms with Gasteiger partial charge in [0.25, 0.3) is 0 Å². The summed E-state index contributed by atoms with van der Waals surface area (Å²) in [5.41, 5.74) is 1.99. The van der Waals surface area contributed by atoms with Gasteiger partial charge in [-0.25, -0.2) is 0 Å². The van der Waals surface area contributed by atoms with Crippen LogP contribution in [0, 0.1) is 6.92 Å². The second kappa shape index (κ2) is 3.46. The van der Waals surface area contributed by atoms with E-state index in [4.69, 9.17) is 9.52 Å². The molecule has 2 rings (SSSR count). The average molecular weight is 190 g/mol. The first-order chi connectivity index (χ1) is 6.72. The number of hydrogen-bond acceptors (Lipinski definition) is 2. The number of aliphatic hydroxyl groups excluding tert-OH is 1. The summed E-state index contributed by atoms with van der Waals surface area (Å²) in [6.07, 6.45) is 0. The van der Waals surface area contributed by atoms with Crippen molar-refractivity contribution in [3.05, 3.63) is 35.6 Å². The number of aryl methyl sites for hydroxylation is 1. The van der Waals surface area contributed by atoms with Crippen LogP contribution in [0.15, 0.2) is 28.7 Å². The van der Waals surface area contributed by atoms with E-state index < -0.39 is 0 Å². The van der Waals surface area contributed by atoms with E-state index in [1.807, 2.05) is 38.1 Å². The number of fused-ring (bicyclic) bond motifs is 1. The van der Waals surface area contributed by atoms with Gasteiger partial charge in [0.05, 0.1) is 0 Å². The average Bonchev–Trinajstić information content (AvgIpc) is 2.56. The lowest BCUT2D eigenvalue weighted by Gasteiger charge is -2.07. The quantitative estimate of drug-likeness (QED) is 0.790. The summed E-state index contributed by atoms with van der Waals surface area (Å²) in [5, 5.41) is 10.2. The smallest absolute Gasteiger partial charge is 0.137 e. The number of rotatable bonds is 2. The molecule has 1 unspecified atom stereocenters. The van der Waals surface area contributed by atoms with Crippen LogP contribution in [-0.4, -0.2) is 11.7 Å². The molecule has 0 aliphatic carbocycles. The Bertz CT molecular complexity index is 443. The number of para-hydroxylation sites is 1. The van der Waals surface area contributed by atoms with Crippen molar-refractivity contribution in [2.75, 3.05) is 6.61 Å². The maximum atomic E-state index is 9.11. The molecule has 2 aromatic rings. The topological polar surface area (TPSA) is 33.4 Å². The molecule has 0 saturated carbocycles. The molecule has 1 N–H and O–H groups in total. The fourth-order valence-electron chi connectivity index (χ4n) is 1.70. The molecule has 1 aromatic heterocycles. The number of benzene rings is 1.